The average molecular weight is 204 g/mol. The number of nitrogens with one attached hydrogen (secondary N) is 1. The van der Waals surface area contributed by atoms with E-state index >= 15 is 0 Å². The molecule has 0 bridgehead atoms. The molecule has 0 aromatic rings. The third kappa shape index (κ3) is 4.74. The van der Waals surface area contributed by atoms with E-state index in [2.05, 4.69) is 17.3 Å². The van der Waals surface area contributed by atoms with Gasteiger partial charge in [0.15, 0.2) is 0 Å². The molecule has 0 radical (unpaired) electrons. The minimum atomic E-state index is -0.626. The van der Waals surface area contributed by atoms with E-state index < -0.39 is 10.8 Å². The average Bonchev–Trinajstić information content (AvgIpc) is 2.45. The predicted molar refractivity (Wildman–Crippen MR) is 57.5 cm³/mol. The first-order chi connectivity index (χ1) is 6.18. The van der Waals surface area contributed by atoms with Gasteiger partial charge < -0.3 is 10.2 Å². The molecule has 0 saturated carbocycles. The Hall–Kier alpha value is 0.0700. The van der Waals surface area contributed by atoms with Crippen molar-refractivity contribution in [3.8, 4) is 0 Å². The molecule has 1 fully saturated rings. The molecule has 0 aromatic carbocycles. The lowest BCUT2D eigenvalue weighted by Crippen LogP contribution is -2.32. The molecule has 1 N–H and O–H groups in total. The molecular weight excluding hydrogens is 184 g/mol. The Morgan fingerprint density at radius 1 is 1.62 bits per heavy atom. The van der Waals surface area contributed by atoms with E-state index in [-0.39, 0.29) is 0 Å². The molecule has 1 rings (SSSR count). The first-order valence-corrected chi connectivity index (χ1v) is 6.63. The molecule has 13 heavy (non-hydrogen) atoms. The molecule has 0 aromatic heterocycles. The van der Waals surface area contributed by atoms with E-state index in [1.165, 1.54) is 13.0 Å². The maximum Gasteiger partial charge on any atom is 0.0244 e. The highest BCUT2D eigenvalue weighted by molar-refractivity contribution is 7.84. The number of rotatable bonds is 5. The zero-order valence-electron chi connectivity index (χ0n) is 8.58. The molecule has 2 unspecified atom stereocenters. The second-order valence-electron chi connectivity index (χ2n) is 3.83. The third-order valence-corrected chi connectivity index (χ3v) is 3.30. The fourth-order valence-electron chi connectivity index (χ4n) is 1.68. The maximum atomic E-state index is 10.8. The summed E-state index contributed by atoms with van der Waals surface area (Å²) in [6.07, 6.45) is 4.05. The largest absolute Gasteiger partial charge is 0.313 e. The van der Waals surface area contributed by atoms with E-state index in [0.717, 1.165) is 25.3 Å². The molecule has 0 amide bonds. The summed E-state index contributed by atoms with van der Waals surface area (Å²) in [5, 5.41) is 3.49. The smallest absolute Gasteiger partial charge is 0.0244 e. The van der Waals surface area contributed by atoms with Gasteiger partial charge in [-0.2, -0.15) is 0 Å². The molecule has 78 valence electrons. The van der Waals surface area contributed by atoms with Gasteiger partial charge in [-0.25, -0.2) is 0 Å². The van der Waals surface area contributed by atoms with Crippen molar-refractivity contribution in [2.45, 2.75) is 18.9 Å². The van der Waals surface area contributed by atoms with Crippen LogP contribution >= 0.6 is 0 Å². The molecule has 3 nitrogen and oxygen atoms in total. The van der Waals surface area contributed by atoms with Gasteiger partial charge in [-0.05, 0) is 33.0 Å². The van der Waals surface area contributed by atoms with Crippen molar-refractivity contribution in [2.75, 3.05) is 38.7 Å². The Bertz CT molecular complexity index is 175. The summed E-state index contributed by atoms with van der Waals surface area (Å²) < 4.78 is 10.8. The first-order valence-electron chi connectivity index (χ1n) is 4.90. The van der Waals surface area contributed by atoms with Crippen LogP contribution in [0.5, 0.6) is 0 Å². The van der Waals surface area contributed by atoms with E-state index in [9.17, 15) is 4.21 Å². The van der Waals surface area contributed by atoms with Crippen molar-refractivity contribution in [3.63, 3.8) is 0 Å². The molecule has 1 saturated heterocycles. The van der Waals surface area contributed by atoms with Crippen LogP contribution in [0.3, 0.4) is 0 Å². The highest BCUT2D eigenvalue weighted by atomic mass is 32.2. The molecule has 0 aliphatic carbocycles. The van der Waals surface area contributed by atoms with Crippen molar-refractivity contribution < 1.29 is 4.21 Å². The molecular formula is C9H20N2OS. The van der Waals surface area contributed by atoms with Crippen molar-refractivity contribution in [1.29, 1.82) is 0 Å². The van der Waals surface area contributed by atoms with Gasteiger partial charge in [0.05, 0.1) is 0 Å². The molecule has 1 heterocycles. The minimum absolute atomic E-state index is 0.626. The van der Waals surface area contributed by atoms with Crippen LogP contribution in [0.15, 0.2) is 0 Å². The second kappa shape index (κ2) is 5.73. The number of likely N-dealkylation sites (N-methyl/N-ethyl adjacent to an activating group) is 1. The van der Waals surface area contributed by atoms with Gasteiger partial charge in [0.1, 0.15) is 0 Å². The van der Waals surface area contributed by atoms with Crippen molar-refractivity contribution >= 4 is 10.8 Å². The Morgan fingerprint density at radius 2 is 2.38 bits per heavy atom. The Labute approximate surface area is 83.3 Å². The van der Waals surface area contributed by atoms with E-state index in [1.54, 1.807) is 6.26 Å². The molecule has 2 atom stereocenters. The van der Waals surface area contributed by atoms with E-state index in [0.29, 0.717) is 6.04 Å². The summed E-state index contributed by atoms with van der Waals surface area (Å²) in [6, 6.07) is 0.662. The van der Waals surface area contributed by atoms with Crippen molar-refractivity contribution in [3.05, 3.63) is 0 Å². The maximum absolute atomic E-state index is 10.8. The highest BCUT2D eigenvalue weighted by Gasteiger charge is 2.17. The van der Waals surface area contributed by atoms with Crippen LogP contribution in [0, 0.1) is 0 Å². The zero-order valence-corrected chi connectivity index (χ0v) is 9.40. The molecule has 1 aliphatic rings. The highest BCUT2D eigenvalue weighted by Crippen LogP contribution is 2.05. The van der Waals surface area contributed by atoms with Crippen LogP contribution < -0.4 is 5.32 Å². The van der Waals surface area contributed by atoms with E-state index in [1.807, 2.05) is 0 Å². The fraction of sp³-hybridized carbons (Fsp3) is 1.00. The number of likely N-dealkylation sites (tertiary alicyclic amines) is 1. The normalized spacial score (nSPS) is 26.5. The number of hydrogen-bond acceptors (Lipinski definition) is 3. The monoisotopic (exact) mass is 204 g/mol. The quantitative estimate of drug-likeness (QED) is 0.642. The molecule has 4 heteroatoms. The minimum Gasteiger partial charge on any atom is -0.313 e. The second-order valence-corrected chi connectivity index (χ2v) is 5.39. The van der Waals surface area contributed by atoms with Crippen LogP contribution in [0.1, 0.15) is 12.8 Å². The third-order valence-electron chi connectivity index (χ3n) is 2.43. The standard InChI is InChI=1S/C9H20N2OS/c1-11-6-4-9(8-11)10-5-3-7-13(2)12/h9-10H,3-8H2,1-2H3. The van der Waals surface area contributed by atoms with Gasteiger partial charge in [-0.15, -0.1) is 0 Å². The SMILES string of the molecule is CN1CCC(NCCCS(C)=O)C1. The zero-order chi connectivity index (χ0) is 9.68. The summed E-state index contributed by atoms with van der Waals surface area (Å²) in [5.41, 5.74) is 0. The Morgan fingerprint density at radius 3 is 2.92 bits per heavy atom. The Kier molecular flexibility index (Phi) is 4.91. The summed E-state index contributed by atoms with van der Waals surface area (Å²) in [5.74, 6) is 0.829. The Balaban J connectivity index is 1.97. The van der Waals surface area contributed by atoms with E-state index in [4.69, 9.17) is 0 Å². The summed E-state index contributed by atoms with van der Waals surface area (Å²) in [4.78, 5) is 2.34. The van der Waals surface area contributed by atoms with Gasteiger partial charge in [0.2, 0.25) is 0 Å². The van der Waals surface area contributed by atoms with Gasteiger partial charge in [-0.1, -0.05) is 0 Å². The van der Waals surface area contributed by atoms with Gasteiger partial charge in [-0.3, -0.25) is 4.21 Å². The molecule has 1 aliphatic heterocycles. The summed E-state index contributed by atoms with van der Waals surface area (Å²) >= 11 is 0. The van der Waals surface area contributed by atoms with Gasteiger partial charge >= 0.3 is 0 Å². The number of nitrogens with zero attached hydrogens (tertiary/aromatic N) is 1. The molecule has 0 spiro atoms. The van der Waals surface area contributed by atoms with Crippen molar-refractivity contribution in [1.82, 2.24) is 10.2 Å². The van der Waals surface area contributed by atoms with Crippen LogP contribution in [0.4, 0.5) is 0 Å². The number of hydrogen-bond donors (Lipinski definition) is 1. The van der Waals surface area contributed by atoms with Crippen molar-refractivity contribution in [2.24, 2.45) is 0 Å². The summed E-state index contributed by atoms with van der Waals surface area (Å²) in [6.45, 7) is 3.38. The van der Waals surface area contributed by atoms with Gasteiger partial charge in [0, 0.05) is 35.4 Å². The lowest BCUT2D eigenvalue weighted by Gasteiger charge is -2.11. The lowest BCUT2D eigenvalue weighted by molar-refractivity contribution is 0.398. The van der Waals surface area contributed by atoms with Crippen LogP contribution in [-0.2, 0) is 10.8 Å². The van der Waals surface area contributed by atoms with Crippen LogP contribution in [-0.4, -0.2) is 53.8 Å². The first kappa shape index (κ1) is 11.1. The van der Waals surface area contributed by atoms with Crippen LogP contribution in [0.25, 0.3) is 0 Å². The van der Waals surface area contributed by atoms with Crippen LogP contribution in [0.2, 0.25) is 0 Å². The topological polar surface area (TPSA) is 32.3 Å². The predicted octanol–water partition coefficient (Wildman–Crippen LogP) is 0.0487. The fourth-order valence-corrected chi connectivity index (χ4v) is 2.23. The lowest BCUT2D eigenvalue weighted by atomic mass is 10.2. The van der Waals surface area contributed by atoms with Gasteiger partial charge in [0.25, 0.3) is 0 Å². The summed E-state index contributed by atoms with van der Waals surface area (Å²) in [7, 11) is 1.53.